The van der Waals surface area contributed by atoms with E-state index in [1.165, 1.54) is 6.21 Å². The Morgan fingerprint density at radius 3 is 2.70 bits per heavy atom. The highest BCUT2D eigenvalue weighted by Gasteiger charge is 2.27. The van der Waals surface area contributed by atoms with E-state index in [2.05, 4.69) is 10.5 Å². The number of aromatic hydroxyl groups is 1. The van der Waals surface area contributed by atoms with Crippen molar-refractivity contribution in [3.63, 3.8) is 0 Å². The molecule has 0 unspecified atom stereocenters. The van der Waals surface area contributed by atoms with Gasteiger partial charge in [0.05, 0.1) is 16.8 Å². The third-order valence-electron chi connectivity index (χ3n) is 5.54. The minimum Gasteiger partial charge on any atom is -0.507 e. The van der Waals surface area contributed by atoms with Gasteiger partial charge in [0.25, 0.3) is 5.91 Å². The maximum atomic E-state index is 12.4. The number of furan rings is 1. The van der Waals surface area contributed by atoms with Gasteiger partial charge in [0.1, 0.15) is 17.1 Å². The number of fused-ring (bicyclic) bond motifs is 3. The first-order chi connectivity index (χ1) is 14.3. The number of nitrogens with zero attached hydrogens (tertiary/aromatic N) is 1. The molecule has 1 aliphatic carbocycles. The SMILES string of the molecule is CC(C)(C)c1cc2oc3c(c2c(/C=N/NC(=O)c2ccccc2Cl)c1O)CCCC3. The van der Waals surface area contributed by atoms with Crippen molar-refractivity contribution in [2.75, 3.05) is 0 Å². The predicted octanol–water partition coefficient (Wildman–Crippen LogP) is 5.73. The lowest BCUT2D eigenvalue weighted by Gasteiger charge is -2.21. The summed E-state index contributed by atoms with van der Waals surface area (Å²) in [6.45, 7) is 6.12. The summed E-state index contributed by atoms with van der Waals surface area (Å²) < 4.78 is 6.16. The van der Waals surface area contributed by atoms with Crippen LogP contribution < -0.4 is 5.43 Å². The van der Waals surface area contributed by atoms with E-state index >= 15 is 0 Å². The standard InChI is InChI=1S/C24H25ClN2O3/c1-24(2,3)17-12-20-21(15-9-5-7-11-19(15)30-20)16(22(17)28)13-26-27-23(29)14-8-4-6-10-18(14)25/h4,6,8,10,12-13,28H,5,7,9,11H2,1-3H3,(H,27,29)/b26-13+. The van der Waals surface area contributed by atoms with Gasteiger partial charge in [-0.1, -0.05) is 44.5 Å². The lowest BCUT2D eigenvalue weighted by Crippen LogP contribution is -2.18. The van der Waals surface area contributed by atoms with Crippen molar-refractivity contribution in [2.24, 2.45) is 5.10 Å². The Kier molecular flexibility index (Phi) is 5.33. The average Bonchev–Trinajstić information content (AvgIpc) is 3.07. The van der Waals surface area contributed by atoms with Crippen LogP contribution in [0.5, 0.6) is 5.75 Å². The van der Waals surface area contributed by atoms with Gasteiger partial charge >= 0.3 is 0 Å². The molecule has 2 aromatic carbocycles. The molecule has 1 heterocycles. The van der Waals surface area contributed by atoms with E-state index in [0.29, 0.717) is 16.1 Å². The fourth-order valence-corrected chi connectivity index (χ4v) is 4.23. The number of aryl methyl sites for hydroxylation is 2. The van der Waals surface area contributed by atoms with Crippen molar-refractivity contribution in [3.05, 3.63) is 63.4 Å². The molecular formula is C24H25ClN2O3. The van der Waals surface area contributed by atoms with Crippen LogP contribution in [-0.4, -0.2) is 17.2 Å². The predicted molar refractivity (Wildman–Crippen MR) is 120 cm³/mol. The largest absolute Gasteiger partial charge is 0.507 e. The first-order valence-corrected chi connectivity index (χ1v) is 10.5. The fourth-order valence-electron chi connectivity index (χ4n) is 4.01. The Balaban J connectivity index is 1.77. The highest BCUT2D eigenvalue weighted by atomic mass is 35.5. The third kappa shape index (κ3) is 3.70. The van der Waals surface area contributed by atoms with Crippen LogP contribution >= 0.6 is 11.6 Å². The second-order valence-electron chi connectivity index (χ2n) is 8.70. The molecule has 0 radical (unpaired) electrons. The van der Waals surface area contributed by atoms with Gasteiger partial charge < -0.3 is 9.52 Å². The van der Waals surface area contributed by atoms with Crippen LogP contribution in [0.2, 0.25) is 5.02 Å². The van der Waals surface area contributed by atoms with Gasteiger partial charge in [-0.2, -0.15) is 5.10 Å². The number of hydrogen-bond acceptors (Lipinski definition) is 4. The summed E-state index contributed by atoms with van der Waals surface area (Å²) in [4.78, 5) is 12.4. The molecule has 0 saturated carbocycles. The van der Waals surface area contributed by atoms with Gasteiger partial charge in [0.15, 0.2) is 0 Å². The van der Waals surface area contributed by atoms with Crippen LogP contribution in [0, 0.1) is 0 Å². The Bertz CT molecular complexity index is 1160. The number of carbonyl (C=O) groups is 1. The van der Waals surface area contributed by atoms with Gasteiger partial charge in [-0.25, -0.2) is 5.43 Å². The number of phenolic OH excluding ortho intramolecular Hbond substituents is 1. The molecule has 0 fully saturated rings. The summed E-state index contributed by atoms with van der Waals surface area (Å²) in [6, 6.07) is 8.72. The minimum atomic E-state index is -0.409. The van der Waals surface area contributed by atoms with Gasteiger partial charge in [0.2, 0.25) is 0 Å². The topological polar surface area (TPSA) is 74.8 Å². The summed E-state index contributed by atoms with van der Waals surface area (Å²) in [7, 11) is 0. The molecule has 0 atom stereocenters. The summed E-state index contributed by atoms with van der Waals surface area (Å²) in [6.07, 6.45) is 5.50. The number of carbonyl (C=O) groups excluding carboxylic acids is 1. The van der Waals surface area contributed by atoms with E-state index in [0.717, 1.165) is 53.5 Å². The smallest absolute Gasteiger partial charge is 0.272 e. The molecule has 0 spiro atoms. The zero-order valence-corrected chi connectivity index (χ0v) is 18.1. The Morgan fingerprint density at radius 2 is 1.97 bits per heavy atom. The molecule has 6 heteroatoms. The maximum Gasteiger partial charge on any atom is 0.272 e. The van der Waals surface area contributed by atoms with E-state index in [1.54, 1.807) is 24.3 Å². The van der Waals surface area contributed by atoms with Crippen molar-refractivity contribution in [2.45, 2.75) is 51.9 Å². The molecule has 5 nitrogen and oxygen atoms in total. The Labute approximate surface area is 180 Å². The zero-order valence-electron chi connectivity index (χ0n) is 17.4. The van der Waals surface area contributed by atoms with Crippen molar-refractivity contribution < 1.29 is 14.3 Å². The quantitative estimate of drug-likeness (QED) is 0.416. The van der Waals surface area contributed by atoms with Crippen LogP contribution in [0.4, 0.5) is 0 Å². The van der Waals surface area contributed by atoms with Crippen LogP contribution in [0.15, 0.2) is 39.9 Å². The van der Waals surface area contributed by atoms with Crippen LogP contribution in [-0.2, 0) is 18.3 Å². The number of amides is 1. The lowest BCUT2D eigenvalue weighted by molar-refractivity contribution is 0.0955. The van der Waals surface area contributed by atoms with E-state index in [9.17, 15) is 9.90 Å². The minimum absolute atomic E-state index is 0.167. The summed E-state index contributed by atoms with van der Waals surface area (Å²) in [5.74, 6) is 0.741. The van der Waals surface area contributed by atoms with Crippen molar-refractivity contribution in [3.8, 4) is 5.75 Å². The monoisotopic (exact) mass is 424 g/mol. The third-order valence-corrected chi connectivity index (χ3v) is 5.87. The molecule has 4 rings (SSSR count). The van der Waals surface area contributed by atoms with E-state index in [1.807, 2.05) is 26.8 Å². The summed E-state index contributed by atoms with van der Waals surface area (Å²) in [5, 5.41) is 16.5. The fraction of sp³-hybridized carbons (Fsp3) is 0.333. The first-order valence-electron chi connectivity index (χ1n) is 10.2. The second kappa shape index (κ2) is 7.80. The molecule has 30 heavy (non-hydrogen) atoms. The normalized spacial score (nSPS) is 14.3. The Morgan fingerprint density at radius 1 is 1.23 bits per heavy atom. The summed E-state index contributed by atoms with van der Waals surface area (Å²) in [5.41, 5.74) is 5.81. The second-order valence-corrected chi connectivity index (χ2v) is 9.11. The van der Waals surface area contributed by atoms with Crippen LogP contribution in [0.25, 0.3) is 11.0 Å². The number of halogens is 1. The molecule has 2 N–H and O–H groups in total. The zero-order chi connectivity index (χ0) is 21.5. The number of hydrazone groups is 1. The van der Waals surface area contributed by atoms with Gasteiger partial charge in [-0.15, -0.1) is 0 Å². The molecular weight excluding hydrogens is 400 g/mol. The molecule has 0 aliphatic heterocycles. The number of nitrogens with one attached hydrogen (secondary N) is 1. The lowest BCUT2D eigenvalue weighted by atomic mass is 9.83. The molecule has 1 amide bonds. The first kappa shape index (κ1) is 20.5. The number of phenols is 1. The highest BCUT2D eigenvalue weighted by Crippen LogP contribution is 2.42. The van der Waals surface area contributed by atoms with Gasteiger partial charge in [0, 0.05) is 28.5 Å². The van der Waals surface area contributed by atoms with Gasteiger partial charge in [-0.3, -0.25) is 4.79 Å². The van der Waals surface area contributed by atoms with Crippen molar-refractivity contribution >= 4 is 34.7 Å². The molecule has 156 valence electrons. The Hall–Kier alpha value is -2.79. The van der Waals surface area contributed by atoms with E-state index in [4.69, 9.17) is 16.0 Å². The number of rotatable bonds is 3. The molecule has 0 bridgehead atoms. The molecule has 1 aliphatic rings. The summed E-state index contributed by atoms with van der Waals surface area (Å²) >= 11 is 6.09. The van der Waals surface area contributed by atoms with Gasteiger partial charge in [-0.05, 0) is 42.9 Å². The van der Waals surface area contributed by atoms with Crippen molar-refractivity contribution in [1.82, 2.24) is 5.43 Å². The average molecular weight is 425 g/mol. The van der Waals surface area contributed by atoms with Crippen molar-refractivity contribution in [1.29, 1.82) is 0 Å². The molecule has 0 saturated heterocycles. The molecule has 3 aromatic rings. The number of benzene rings is 2. The van der Waals surface area contributed by atoms with Crippen LogP contribution in [0.3, 0.4) is 0 Å². The highest BCUT2D eigenvalue weighted by molar-refractivity contribution is 6.33. The van der Waals surface area contributed by atoms with E-state index < -0.39 is 5.91 Å². The van der Waals surface area contributed by atoms with Crippen LogP contribution in [0.1, 0.15) is 66.4 Å². The molecule has 1 aromatic heterocycles. The maximum absolute atomic E-state index is 12.4. The number of hydrogen-bond donors (Lipinski definition) is 2. The van der Waals surface area contributed by atoms with E-state index in [-0.39, 0.29) is 11.2 Å².